The van der Waals surface area contributed by atoms with Crippen molar-refractivity contribution in [3.63, 3.8) is 0 Å². The Kier molecular flexibility index (Phi) is 12.3. The lowest BCUT2D eigenvalue weighted by Crippen LogP contribution is -2.48. The van der Waals surface area contributed by atoms with Gasteiger partial charge in [0.15, 0.2) is 0 Å². The molecule has 1 aromatic carbocycles. The molecule has 6 heteroatoms. The van der Waals surface area contributed by atoms with Crippen LogP contribution in [0, 0.1) is 0 Å². The fraction of sp³-hybridized carbons (Fsp3) is 0.600. The summed E-state index contributed by atoms with van der Waals surface area (Å²) in [5.41, 5.74) is 1.29. The predicted molar refractivity (Wildman–Crippen MR) is 110 cm³/mol. The second kappa shape index (κ2) is 13.9. The Hall–Kier alpha value is -1.18. The minimum absolute atomic E-state index is 0.0930. The molecule has 0 saturated heterocycles. The summed E-state index contributed by atoms with van der Waals surface area (Å²) >= 11 is 0. The number of hydrogen-bond donors (Lipinski definition) is 2. The average Bonchev–Trinajstić information content (AvgIpc) is 2.64. The zero-order valence-corrected chi connectivity index (χ0v) is 17.6. The Balaban J connectivity index is 2.43. The Morgan fingerprint density at radius 3 is 2.42 bits per heavy atom. The van der Waals surface area contributed by atoms with E-state index < -0.39 is 8.80 Å². The molecule has 0 aliphatic heterocycles. The molecule has 0 aliphatic carbocycles. The van der Waals surface area contributed by atoms with E-state index in [4.69, 9.17) is 13.3 Å². The van der Waals surface area contributed by atoms with Crippen LogP contribution in [0.15, 0.2) is 43.1 Å². The van der Waals surface area contributed by atoms with Gasteiger partial charge in [0.05, 0.1) is 0 Å². The van der Waals surface area contributed by atoms with Gasteiger partial charge in [-0.3, -0.25) is 0 Å². The highest BCUT2D eigenvalue weighted by atomic mass is 28.4. The van der Waals surface area contributed by atoms with Crippen LogP contribution in [0.4, 0.5) is 0 Å². The van der Waals surface area contributed by atoms with Crippen molar-refractivity contribution in [1.29, 1.82) is 0 Å². The predicted octanol–water partition coefficient (Wildman–Crippen LogP) is 3.71. The molecule has 0 fully saturated rings. The smallest absolute Gasteiger partial charge is 0.391 e. The molecule has 0 heterocycles. The molecular formula is C20H36N2O3Si. The van der Waals surface area contributed by atoms with Crippen LogP contribution in [0.3, 0.4) is 0 Å². The van der Waals surface area contributed by atoms with Gasteiger partial charge in [0.25, 0.3) is 0 Å². The monoisotopic (exact) mass is 380 g/mol. The summed E-state index contributed by atoms with van der Waals surface area (Å²) in [6.45, 7) is 13.6. The molecule has 0 radical (unpaired) electrons. The number of nitrogens with one attached hydrogen (secondary N) is 2. The second-order valence-electron chi connectivity index (χ2n) is 6.19. The molecule has 1 atom stereocenters. The highest BCUT2D eigenvalue weighted by Gasteiger charge is 2.41. The largest absolute Gasteiger partial charge is 0.501 e. The van der Waals surface area contributed by atoms with Gasteiger partial charge < -0.3 is 23.9 Å². The molecular weight excluding hydrogens is 344 g/mol. The van der Waals surface area contributed by atoms with Crippen molar-refractivity contribution in [2.75, 3.05) is 26.3 Å². The van der Waals surface area contributed by atoms with Crippen molar-refractivity contribution in [3.05, 3.63) is 48.7 Å². The first kappa shape index (κ1) is 22.9. The topological polar surface area (TPSA) is 51.8 Å². The number of rotatable bonds is 16. The molecule has 0 aromatic heterocycles. The molecule has 0 bridgehead atoms. The summed E-state index contributed by atoms with van der Waals surface area (Å²) in [6.07, 6.45) is 3.67. The van der Waals surface area contributed by atoms with Crippen molar-refractivity contribution in [2.45, 2.75) is 52.3 Å². The normalized spacial score (nSPS) is 12.7. The fourth-order valence-corrected chi connectivity index (χ4v) is 5.61. The lowest BCUT2D eigenvalue weighted by molar-refractivity contribution is 0.0354. The van der Waals surface area contributed by atoms with Crippen LogP contribution in [0.5, 0.6) is 0 Å². The van der Waals surface area contributed by atoms with Crippen LogP contribution in [0.25, 0.3) is 0 Å². The van der Waals surface area contributed by atoms with Crippen LogP contribution in [0.1, 0.15) is 39.2 Å². The molecule has 0 saturated carbocycles. The van der Waals surface area contributed by atoms with E-state index >= 15 is 0 Å². The first-order valence-electron chi connectivity index (χ1n) is 9.70. The Bertz CT molecular complexity index is 467. The van der Waals surface area contributed by atoms with Crippen LogP contribution in [-0.4, -0.2) is 41.2 Å². The van der Waals surface area contributed by atoms with E-state index in [1.54, 1.807) is 6.20 Å². The molecule has 0 spiro atoms. The molecule has 26 heavy (non-hydrogen) atoms. The van der Waals surface area contributed by atoms with Gasteiger partial charge >= 0.3 is 8.80 Å². The van der Waals surface area contributed by atoms with Crippen LogP contribution < -0.4 is 10.6 Å². The number of benzene rings is 1. The SMILES string of the molecule is C=CNCCC[Si](OCC)(OCC)OC(C)CCNCc1ccccc1. The maximum Gasteiger partial charge on any atom is 0.501 e. The number of hydrogen-bond acceptors (Lipinski definition) is 5. The van der Waals surface area contributed by atoms with Crippen molar-refractivity contribution in [1.82, 2.24) is 10.6 Å². The van der Waals surface area contributed by atoms with Gasteiger partial charge in [-0.25, -0.2) is 0 Å². The zero-order chi connectivity index (χ0) is 19.1. The molecule has 0 amide bonds. The molecule has 0 aliphatic rings. The van der Waals surface area contributed by atoms with Gasteiger partial charge in [0.1, 0.15) is 0 Å². The van der Waals surface area contributed by atoms with E-state index in [2.05, 4.69) is 48.4 Å². The minimum Gasteiger partial charge on any atom is -0.391 e. The first-order chi connectivity index (χ1) is 12.7. The third-order valence-corrected chi connectivity index (χ3v) is 7.14. The maximum atomic E-state index is 6.35. The summed E-state index contributed by atoms with van der Waals surface area (Å²) in [4.78, 5) is 0. The minimum atomic E-state index is -2.63. The third kappa shape index (κ3) is 9.50. The zero-order valence-electron chi connectivity index (χ0n) is 16.6. The average molecular weight is 381 g/mol. The molecule has 1 unspecified atom stereocenters. The summed E-state index contributed by atoms with van der Waals surface area (Å²) in [6, 6.07) is 11.2. The van der Waals surface area contributed by atoms with Crippen molar-refractivity contribution < 1.29 is 13.3 Å². The third-order valence-electron chi connectivity index (χ3n) is 3.96. The first-order valence-corrected chi connectivity index (χ1v) is 11.6. The molecule has 148 valence electrons. The molecule has 5 nitrogen and oxygen atoms in total. The van der Waals surface area contributed by atoms with Gasteiger partial charge in [-0.2, -0.15) is 0 Å². The van der Waals surface area contributed by atoms with Gasteiger partial charge in [-0.1, -0.05) is 36.9 Å². The van der Waals surface area contributed by atoms with Crippen LogP contribution in [-0.2, 0) is 19.8 Å². The summed E-state index contributed by atoms with van der Waals surface area (Å²) < 4.78 is 18.4. The Morgan fingerprint density at radius 2 is 1.81 bits per heavy atom. The highest BCUT2D eigenvalue weighted by molar-refractivity contribution is 6.60. The van der Waals surface area contributed by atoms with Crippen LogP contribution >= 0.6 is 0 Å². The lowest BCUT2D eigenvalue weighted by atomic mass is 10.2. The van der Waals surface area contributed by atoms with E-state index in [0.29, 0.717) is 13.2 Å². The summed E-state index contributed by atoms with van der Waals surface area (Å²) in [5.74, 6) is 0. The van der Waals surface area contributed by atoms with E-state index in [9.17, 15) is 0 Å². The Morgan fingerprint density at radius 1 is 1.12 bits per heavy atom. The van der Waals surface area contributed by atoms with E-state index in [0.717, 1.165) is 38.5 Å². The van der Waals surface area contributed by atoms with Crippen molar-refractivity contribution >= 4 is 8.80 Å². The van der Waals surface area contributed by atoms with Crippen LogP contribution in [0.2, 0.25) is 6.04 Å². The van der Waals surface area contributed by atoms with E-state index in [1.165, 1.54) is 5.56 Å². The highest BCUT2D eigenvalue weighted by Crippen LogP contribution is 2.21. The summed E-state index contributed by atoms with van der Waals surface area (Å²) in [5, 5.41) is 6.60. The van der Waals surface area contributed by atoms with Gasteiger partial charge in [-0.15, -0.1) is 0 Å². The summed E-state index contributed by atoms with van der Waals surface area (Å²) in [7, 11) is -2.63. The van der Waals surface area contributed by atoms with Crippen molar-refractivity contribution in [2.24, 2.45) is 0 Å². The quantitative estimate of drug-likeness (QED) is 0.338. The fourth-order valence-electron chi connectivity index (χ4n) is 2.76. The van der Waals surface area contributed by atoms with E-state index in [-0.39, 0.29) is 6.10 Å². The van der Waals surface area contributed by atoms with Crippen molar-refractivity contribution in [3.8, 4) is 0 Å². The molecule has 2 N–H and O–H groups in total. The lowest BCUT2D eigenvalue weighted by Gasteiger charge is -2.32. The molecule has 1 aromatic rings. The molecule has 1 rings (SSSR count). The van der Waals surface area contributed by atoms with Gasteiger partial charge in [0.2, 0.25) is 0 Å². The maximum absolute atomic E-state index is 6.35. The second-order valence-corrected chi connectivity index (χ2v) is 8.87. The van der Waals surface area contributed by atoms with Gasteiger partial charge in [0, 0.05) is 38.5 Å². The van der Waals surface area contributed by atoms with E-state index in [1.807, 2.05) is 19.9 Å². The Labute approximate surface area is 160 Å². The van der Waals surface area contributed by atoms with Gasteiger partial charge in [-0.05, 0) is 51.9 Å². The standard InChI is InChI=1S/C20H36N2O3Si/c1-5-21-15-11-17-26(23-6-2,24-7-3)25-19(4)14-16-22-18-20-12-9-8-10-13-20/h5,8-10,12-13,19,21-22H,1,6-7,11,14-18H2,2-4H3.